The highest BCUT2D eigenvalue weighted by Gasteiger charge is 2.11. The molecule has 2 aromatic rings. The standard InChI is InChI=1S/C24H36N4O4.HI/c1-5-25-24(27-12-6-11-26-23(29)22-19(3)10-15-32-22)28-17-20-9-8-18(2)16-21(20)31-14-7-13-30-4;/h8-10,15-16H,5-7,11-14,17H2,1-4H3,(H,26,29)(H2,25,27,28);1H. The summed E-state index contributed by atoms with van der Waals surface area (Å²) in [7, 11) is 1.69. The number of benzene rings is 1. The zero-order valence-corrected chi connectivity index (χ0v) is 22.4. The molecule has 0 fully saturated rings. The van der Waals surface area contributed by atoms with Crippen LogP contribution in [0.4, 0.5) is 0 Å². The Kier molecular flexibility index (Phi) is 14.3. The van der Waals surface area contributed by atoms with Gasteiger partial charge in [-0.3, -0.25) is 4.79 Å². The van der Waals surface area contributed by atoms with Crippen molar-refractivity contribution >= 4 is 35.8 Å². The minimum Gasteiger partial charge on any atom is -0.493 e. The molecule has 0 aliphatic heterocycles. The van der Waals surface area contributed by atoms with Crippen LogP contribution in [0.5, 0.6) is 5.75 Å². The van der Waals surface area contributed by atoms with Gasteiger partial charge in [0.15, 0.2) is 11.7 Å². The molecule has 9 heteroatoms. The maximum atomic E-state index is 12.1. The van der Waals surface area contributed by atoms with E-state index in [1.54, 1.807) is 13.2 Å². The molecule has 33 heavy (non-hydrogen) atoms. The lowest BCUT2D eigenvalue weighted by Crippen LogP contribution is -2.38. The molecule has 8 nitrogen and oxygen atoms in total. The normalized spacial score (nSPS) is 11.0. The predicted octanol–water partition coefficient (Wildman–Crippen LogP) is 3.80. The number of aliphatic imine (C=N–C) groups is 1. The molecule has 0 unspecified atom stereocenters. The van der Waals surface area contributed by atoms with Crippen LogP contribution in [-0.2, 0) is 11.3 Å². The van der Waals surface area contributed by atoms with E-state index in [9.17, 15) is 4.79 Å². The third kappa shape index (κ3) is 10.5. The molecule has 1 aromatic heterocycles. The third-order valence-corrected chi connectivity index (χ3v) is 4.72. The van der Waals surface area contributed by atoms with Crippen LogP contribution in [-0.4, -0.2) is 51.8 Å². The van der Waals surface area contributed by atoms with E-state index in [-0.39, 0.29) is 29.9 Å². The van der Waals surface area contributed by atoms with Crippen molar-refractivity contribution in [2.45, 2.75) is 40.2 Å². The zero-order chi connectivity index (χ0) is 23.2. The Hall–Kier alpha value is -2.27. The van der Waals surface area contributed by atoms with E-state index in [0.717, 1.165) is 47.8 Å². The van der Waals surface area contributed by atoms with Gasteiger partial charge in [0.1, 0.15) is 5.75 Å². The van der Waals surface area contributed by atoms with Crippen LogP contribution < -0.4 is 20.7 Å². The lowest BCUT2D eigenvalue weighted by molar-refractivity contribution is 0.0925. The van der Waals surface area contributed by atoms with Gasteiger partial charge >= 0.3 is 0 Å². The molecule has 1 amide bonds. The molecule has 1 aromatic carbocycles. The van der Waals surface area contributed by atoms with Gasteiger partial charge in [-0.15, -0.1) is 24.0 Å². The second kappa shape index (κ2) is 16.4. The Labute approximate surface area is 213 Å². The van der Waals surface area contributed by atoms with Gasteiger partial charge in [0, 0.05) is 50.9 Å². The van der Waals surface area contributed by atoms with Crippen molar-refractivity contribution < 1.29 is 18.7 Å². The van der Waals surface area contributed by atoms with E-state index in [1.807, 2.05) is 26.8 Å². The second-order valence-corrected chi connectivity index (χ2v) is 7.47. The van der Waals surface area contributed by atoms with Crippen molar-refractivity contribution in [2.75, 3.05) is 40.0 Å². The Morgan fingerprint density at radius 2 is 1.85 bits per heavy atom. The van der Waals surface area contributed by atoms with Gasteiger partial charge in [-0.25, -0.2) is 4.99 Å². The summed E-state index contributed by atoms with van der Waals surface area (Å²) in [6, 6.07) is 7.94. The Morgan fingerprint density at radius 3 is 2.55 bits per heavy atom. The number of furan rings is 1. The molecule has 3 N–H and O–H groups in total. The summed E-state index contributed by atoms with van der Waals surface area (Å²) in [6.07, 6.45) is 3.12. The number of methoxy groups -OCH3 is 1. The molecular formula is C24H37IN4O4. The Bertz CT molecular complexity index is 870. The molecule has 0 saturated carbocycles. The number of hydrogen-bond acceptors (Lipinski definition) is 5. The number of amides is 1. The number of carbonyl (C=O) groups excluding carboxylic acids is 1. The Balaban J connectivity index is 0.00000544. The van der Waals surface area contributed by atoms with Crippen LogP contribution in [0, 0.1) is 13.8 Å². The fourth-order valence-electron chi connectivity index (χ4n) is 3.00. The topological polar surface area (TPSA) is 97.1 Å². The molecule has 0 atom stereocenters. The SMILES string of the molecule is CCNC(=NCc1ccc(C)cc1OCCCOC)NCCCNC(=O)c1occc1C.I. The van der Waals surface area contributed by atoms with Crippen molar-refractivity contribution in [1.82, 2.24) is 16.0 Å². The van der Waals surface area contributed by atoms with Crippen LogP contribution in [0.3, 0.4) is 0 Å². The van der Waals surface area contributed by atoms with Crippen molar-refractivity contribution in [3.8, 4) is 5.75 Å². The summed E-state index contributed by atoms with van der Waals surface area (Å²) in [5, 5.41) is 9.43. The average Bonchev–Trinajstić information content (AvgIpc) is 3.21. The molecule has 0 bridgehead atoms. The van der Waals surface area contributed by atoms with E-state index in [4.69, 9.17) is 18.9 Å². The number of nitrogens with zero attached hydrogens (tertiary/aromatic N) is 1. The van der Waals surface area contributed by atoms with Crippen LogP contribution in [0.2, 0.25) is 0 Å². The van der Waals surface area contributed by atoms with Gasteiger partial charge in [0.25, 0.3) is 5.91 Å². The summed E-state index contributed by atoms with van der Waals surface area (Å²) in [5.41, 5.74) is 3.02. The van der Waals surface area contributed by atoms with E-state index in [0.29, 0.717) is 38.6 Å². The molecule has 0 radical (unpaired) electrons. The lowest BCUT2D eigenvalue weighted by Gasteiger charge is -2.14. The number of aryl methyl sites for hydroxylation is 2. The number of carbonyl (C=O) groups is 1. The maximum Gasteiger partial charge on any atom is 0.287 e. The van der Waals surface area contributed by atoms with Crippen molar-refractivity contribution in [1.29, 1.82) is 0 Å². The van der Waals surface area contributed by atoms with Crippen LogP contribution in [0.25, 0.3) is 0 Å². The number of nitrogens with one attached hydrogen (secondary N) is 3. The van der Waals surface area contributed by atoms with Crippen LogP contribution in [0.15, 0.2) is 39.9 Å². The molecule has 0 aliphatic carbocycles. The monoisotopic (exact) mass is 572 g/mol. The molecule has 1 heterocycles. The summed E-state index contributed by atoms with van der Waals surface area (Å²) in [5.74, 6) is 1.76. The van der Waals surface area contributed by atoms with E-state index in [2.05, 4.69) is 28.1 Å². The van der Waals surface area contributed by atoms with E-state index >= 15 is 0 Å². The second-order valence-electron chi connectivity index (χ2n) is 7.47. The largest absolute Gasteiger partial charge is 0.493 e. The first kappa shape index (κ1) is 28.8. The number of hydrogen-bond donors (Lipinski definition) is 3. The predicted molar refractivity (Wildman–Crippen MR) is 142 cm³/mol. The highest BCUT2D eigenvalue weighted by Crippen LogP contribution is 2.21. The highest BCUT2D eigenvalue weighted by molar-refractivity contribution is 14.0. The van der Waals surface area contributed by atoms with Gasteiger partial charge in [-0.05, 0) is 44.9 Å². The Morgan fingerprint density at radius 1 is 1.06 bits per heavy atom. The molecule has 0 spiro atoms. The van der Waals surface area contributed by atoms with Gasteiger partial charge in [0.05, 0.1) is 19.4 Å². The molecule has 0 saturated heterocycles. The molecule has 2 rings (SSSR count). The van der Waals surface area contributed by atoms with Crippen molar-refractivity contribution in [2.24, 2.45) is 4.99 Å². The first-order valence-electron chi connectivity index (χ1n) is 11.1. The van der Waals surface area contributed by atoms with Crippen LogP contribution in [0.1, 0.15) is 47.0 Å². The average molecular weight is 572 g/mol. The van der Waals surface area contributed by atoms with Crippen molar-refractivity contribution in [3.05, 3.63) is 53.0 Å². The smallest absolute Gasteiger partial charge is 0.287 e. The quantitative estimate of drug-likeness (QED) is 0.146. The summed E-state index contributed by atoms with van der Waals surface area (Å²) < 4.78 is 16.2. The first-order chi connectivity index (χ1) is 15.5. The zero-order valence-electron chi connectivity index (χ0n) is 20.0. The van der Waals surface area contributed by atoms with Gasteiger partial charge in [-0.2, -0.15) is 0 Å². The van der Waals surface area contributed by atoms with Crippen LogP contribution >= 0.6 is 24.0 Å². The van der Waals surface area contributed by atoms with Gasteiger partial charge < -0.3 is 29.8 Å². The first-order valence-corrected chi connectivity index (χ1v) is 11.1. The van der Waals surface area contributed by atoms with Gasteiger partial charge in [0.2, 0.25) is 0 Å². The minimum atomic E-state index is -0.189. The number of halogens is 1. The number of guanidine groups is 1. The molecule has 184 valence electrons. The third-order valence-electron chi connectivity index (χ3n) is 4.72. The summed E-state index contributed by atoms with van der Waals surface area (Å²) in [4.78, 5) is 16.8. The fourth-order valence-corrected chi connectivity index (χ4v) is 3.00. The highest BCUT2D eigenvalue weighted by atomic mass is 127. The maximum absolute atomic E-state index is 12.1. The summed E-state index contributed by atoms with van der Waals surface area (Å²) in [6.45, 7) is 9.69. The van der Waals surface area contributed by atoms with E-state index < -0.39 is 0 Å². The molecular weight excluding hydrogens is 535 g/mol. The number of ether oxygens (including phenoxy) is 2. The number of rotatable bonds is 13. The van der Waals surface area contributed by atoms with E-state index in [1.165, 1.54) is 6.26 Å². The molecule has 0 aliphatic rings. The van der Waals surface area contributed by atoms with Gasteiger partial charge in [-0.1, -0.05) is 12.1 Å². The summed E-state index contributed by atoms with van der Waals surface area (Å²) >= 11 is 0. The van der Waals surface area contributed by atoms with Crippen molar-refractivity contribution in [3.63, 3.8) is 0 Å². The lowest BCUT2D eigenvalue weighted by atomic mass is 10.1. The fraction of sp³-hybridized carbons (Fsp3) is 0.500. The minimum absolute atomic E-state index is 0.